The molecule has 0 saturated carbocycles. The number of aromatic nitrogens is 4. The Morgan fingerprint density at radius 1 is 1.04 bits per heavy atom. The first-order chi connectivity index (χ1) is 13.5. The van der Waals surface area contributed by atoms with Crippen LogP contribution >= 0.6 is 23.4 Å². The molecular formula is C20H16ClFN4OS. The number of halogens is 2. The zero-order valence-corrected chi connectivity index (χ0v) is 16.8. The van der Waals surface area contributed by atoms with E-state index in [1.165, 1.54) is 23.9 Å². The van der Waals surface area contributed by atoms with E-state index in [9.17, 15) is 4.39 Å². The standard InChI is InChI=1S/C20H16ClFN4OS/c1-12-17(25-27-18(12)13-5-9-16(22)10-6-13)11-28-20-24-23-19(26(20)2)14-3-7-15(21)8-4-14/h3-10H,11H2,1-2H3. The van der Waals surface area contributed by atoms with E-state index < -0.39 is 0 Å². The van der Waals surface area contributed by atoms with Crippen molar-refractivity contribution in [1.82, 2.24) is 19.9 Å². The van der Waals surface area contributed by atoms with Gasteiger partial charge in [0.25, 0.3) is 0 Å². The Bertz CT molecular complexity index is 1020. The number of benzene rings is 2. The van der Waals surface area contributed by atoms with Crippen molar-refractivity contribution in [3.8, 4) is 22.7 Å². The van der Waals surface area contributed by atoms with E-state index >= 15 is 0 Å². The van der Waals surface area contributed by atoms with Crippen molar-refractivity contribution in [3.63, 3.8) is 0 Å². The van der Waals surface area contributed by atoms with Gasteiger partial charge in [0.2, 0.25) is 0 Å². The molecule has 8 heteroatoms. The quantitative estimate of drug-likeness (QED) is 0.402. The molecule has 0 aliphatic rings. The molecule has 2 heterocycles. The Morgan fingerprint density at radius 2 is 1.71 bits per heavy atom. The molecule has 28 heavy (non-hydrogen) atoms. The maximum atomic E-state index is 13.1. The second-order valence-electron chi connectivity index (χ2n) is 6.25. The molecule has 0 unspecified atom stereocenters. The molecule has 0 fully saturated rings. The van der Waals surface area contributed by atoms with Gasteiger partial charge in [0.15, 0.2) is 16.7 Å². The Balaban J connectivity index is 1.51. The third kappa shape index (κ3) is 3.68. The number of thioether (sulfide) groups is 1. The summed E-state index contributed by atoms with van der Waals surface area (Å²) in [5.74, 6) is 1.72. The minimum Gasteiger partial charge on any atom is -0.356 e. The lowest BCUT2D eigenvalue weighted by Crippen LogP contribution is -1.95. The largest absolute Gasteiger partial charge is 0.356 e. The van der Waals surface area contributed by atoms with E-state index in [1.54, 1.807) is 12.1 Å². The third-order valence-corrected chi connectivity index (χ3v) is 5.69. The van der Waals surface area contributed by atoms with Gasteiger partial charge in [-0.15, -0.1) is 10.2 Å². The third-order valence-electron chi connectivity index (χ3n) is 4.40. The fourth-order valence-corrected chi connectivity index (χ4v) is 3.84. The first-order valence-electron chi connectivity index (χ1n) is 8.52. The van der Waals surface area contributed by atoms with Crippen molar-refractivity contribution in [2.24, 2.45) is 7.05 Å². The maximum Gasteiger partial charge on any atom is 0.191 e. The number of rotatable bonds is 5. The average Bonchev–Trinajstić information content (AvgIpc) is 3.24. The van der Waals surface area contributed by atoms with E-state index in [1.807, 2.05) is 42.8 Å². The van der Waals surface area contributed by atoms with Gasteiger partial charge < -0.3 is 9.09 Å². The molecule has 4 aromatic rings. The average molecular weight is 415 g/mol. The first-order valence-corrected chi connectivity index (χ1v) is 9.88. The molecule has 4 rings (SSSR count). The summed E-state index contributed by atoms with van der Waals surface area (Å²) in [5, 5.41) is 14.2. The molecule has 2 aromatic carbocycles. The van der Waals surface area contributed by atoms with Crippen molar-refractivity contribution >= 4 is 23.4 Å². The molecule has 0 radical (unpaired) electrons. The molecular weight excluding hydrogens is 399 g/mol. The molecule has 2 aromatic heterocycles. The van der Waals surface area contributed by atoms with Gasteiger partial charge >= 0.3 is 0 Å². The lowest BCUT2D eigenvalue weighted by atomic mass is 10.1. The molecule has 0 bridgehead atoms. The van der Waals surface area contributed by atoms with E-state index in [4.69, 9.17) is 16.1 Å². The Morgan fingerprint density at radius 3 is 2.43 bits per heavy atom. The maximum absolute atomic E-state index is 13.1. The second kappa shape index (κ2) is 7.77. The molecule has 0 spiro atoms. The minimum atomic E-state index is -0.282. The topological polar surface area (TPSA) is 56.7 Å². The zero-order valence-electron chi connectivity index (χ0n) is 15.2. The molecule has 0 aliphatic heterocycles. The Labute approximate surface area is 170 Å². The van der Waals surface area contributed by atoms with Crippen molar-refractivity contribution in [2.45, 2.75) is 17.8 Å². The van der Waals surface area contributed by atoms with Gasteiger partial charge in [-0.25, -0.2) is 4.39 Å². The molecule has 5 nitrogen and oxygen atoms in total. The lowest BCUT2D eigenvalue weighted by Gasteiger charge is -2.03. The van der Waals surface area contributed by atoms with Crippen LogP contribution in [0, 0.1) is 12.7 Å². The molecule has 0 amide bonds. The van der Waals surface area contributed by atoms with Crippen LogP contribution in [0.25, 0.3) is 22.7 Å². The summed E-state index contributed by atoms with van der Waals surface area (Å²) in [6, 6.07) is 13.7. The van der Waals surface area contributed by atoms with Crippen molar-refractivity contribution < 1.29 is 8.91 Å². The van der Waals surface area contributed by atoms with Crippen LogP contribution in [-0.4, -0.2) is 19.9 Å². The highest BCUT2D eigenvalue weighted by atomic mass is 35.5. The molecule has 0 N–H and O–H groups in total. The molecule has 0 atom stereocenters. The van der Waals surface area contributed by atoms with E-state index in [0.717, 1.165) is 33.4 Å². The summed E-state index contributed by atoms with van der Waals surface area (Å²) >= 11 is 7.47. The summed E-state index contributed by atoms with van der Waals surface area (Å²) in [4.78, 5) is 0. The number of hydrogen-bond donors (Lipinski definition) is 0. The summed E-state index contributed by atoms with van der Waals surface area (Å²) in [6.07, 6.45) is 0. The fourth-order valence-electron chi connectivity index (χ4n) is 2.80. The molecule has 142 valence electrons. The van der Waals surface area contributed by atoms with E-state index in [-0.39, 0.29) is 5.82 Å². The van der Waals surface area contributed by atoms with Crippen LogP contribution in [0.5, 0.6) is 0 Å². The summed E-state index contributed by atoms with van der Waals surface area (Å²) in [7, 11) is 1.92. The molecule has 0 saturated heterocycles. The zero-order chi connectivity index (χ0) is 19.7. The van der Waals surface area contributed by atoms with Crippen LogP contribution in [0.2, 0.25) is 5.02 Å². The monoisotopic (exact) mass is 414 g/mol. The highest BCUT2D eigenvalue weighted by Crippen LogP contribution is 2.30. The first kappa shape index (κ1) is 18.7. The summed E-state index contributed by atoms with van der Waals surface area (Å²) < 4.78 is 20.5. The normalized spacial score (nSPS) is 11.1. The molecule has 0 aliphatic carbocycles. The van der Waals surface area contributed by atoms with Crippen LogP contribution in [-0.2, 0) is 12.8 Å². The highest BCUT2D eigenvalue weighted by Gasteiger charge is 2.16. The number of nitrogens with zero attached hydrogens (tertiary/aromatic N) is 4. The Hall–Kier alpha value is -2.64. The fraction of sp³-hybridized carbons (Fsp3) is 0.150. The van der Waals surface area contributed by atoms with Crippen molar-refractivity contribution in [2.75, 3.05) is 0 Å². The van der Waals surface area contributed by atoms with Gasteiger partial charge in [0.05, 0.1) is 5.69 Å². The van der Waals surface area contributed by atoms with E-state index in [0.29, 0.717) is 16.5 Å². The van der Waals surface area contributed by atoms with Gasteiger partial charge in [-0.05, 0) is 55.5 Å². The van der Waals surface area contributed by atoms with Crippen LogP contribution in [0.4, 0.5) is 4.39 Å². The Kier molecular flexibility index (Phi) is 5.19. The SMILES string of the molecule is Cc1c(CSc2nnc(-c3ccc(Cl)cc3)n2C)noc1-c1ccc(F)cc1. The predicted molar refractivity (Wildman–Crippen MR) is 108 cm³/mol. The van der Waals surface area contributed by atoms with Crippen LogP contribution in [0.15, 0.2) is 58.2 Å². The number of hydrogen-bond acceptors (Lipinski definition) is 5. The van der Waals surface area contributed by atoms with Crippen molar-refractivity contribution in [1.29, 1.82) is 0 Å². The van der Waals surface area contributed by atoms with Crippen LogP contribution in [0.3, 0.4) is 0 Å². The minimum absolute atomic E-state index is 0.282. The summed E-state index contributed by atoms with van der Waals surface area (Å²) in [5.41, 5.74) is 3.49. The smallest absolute Gasteiger partial charge is 0.191 e. The highest BCUT2D eigenvalue weighted by molar-refractivity contribution is 7.98. The lowest BCUT2D eigenvalue weighted by molar-refractivity contribution is 0.426. The van der Waals surface area contributed by atoms with Gasteiger partial charge in [0, 0.05) is 34.5 Å². The van der Waals surface area contributed by atoms with Crippen molar-refractivity contribution in [3.05, 3.63) is 70.6 Å². The predicted octanol–water partition coefficient (Wildman–Crippen LogP) is 5.53. The van der Waals surface area contributed by atoms with Gasteiger partial charge in [-0.1, -0.05) is 28.5 Å². The van der Waals surface area contributed by atoms with E-state index in [2.05, 4.69) is 15.4 Å². The van der Waals surface area contributed by atoms with Crippen LogP contribution in [0.1, 0.15) is 11.3 Å². The second-order valence-corrected chi connectivity index (χ2v) is 7.63. The van der Waals surface area contributed by atoms with Gasteiger partial charge in [-0.2, -0.15) is 0 Å². The summed E-state index contributed by atoms with van der Waals surface area (Å²) in [6.45, 7) is 1.95. The van der Waals surface area contributed by atoms with Gasteiger partial charge in [0.1, 0.15) is 5.82 Å². The van der Waals surface area contributed by atoms with Crippen LogP contribution < -0.4 is 0 Å². The van der Waals surface area contributed by atoms with Gasteiger partial charge in [-0.3, -0.25) is 0 Å².